The topological polar surface area (TPSA) is 81.4 Å². The Morgan fingerprint density at radius 2 is 1.76 bits per heavy atom. The zero-order valence-electron chi connectivity index (χ0n) is 19.8. The lowest BCUT2D eigenvalue weighted by Crippen LogP contribution is -2.20. The predicted molar refractivity (Wildman–Crippen MR) is 151 cm³/mol. The Morgan fingerprint density at radius 1 is 1.00 bits per heavy atom. The highest BCUT2D eigenvalue weighted by molar-refractivity contribution is 9.10. The zero-order chi connectivity index (χ0) is 25.6. The summed E-state index contributed by atoms with van der Waals surface area (Å²) in [6, 6.07) is 29.5. The maximum absolute atomic E-state index is 12.7. The number of hydrazone groups is 1. The van der Waals surface area contributed by atoms with Crippen molar-refractivity contribution in [1.82, 2.24) is 20.2 Å². The number of carbonyl (C=O) groups is 1. The van der Waals surface area contributed by atoms with Crippen LogP contribution >= 0.6 is 27.7 Å². The Labute approximate surface area is 226 Å². The fourth-order valence-electron chi connectivity index (χ4n) is 3.88. The molecule has 0 saturated carbocycles. The molecule has 1 aromatic heterocycles. The van der Waals surface area contributed by atoms with Crippen LogP contribution in [-0.4, -0.2) is 39.7 Å². The van der Waals surface area contributed by atoms with Gasteiger partial charge >= 0.3 is 0 Å². The summed E-state index contributed by atoms with van der Waals surface area (Å²) in [7, 11) is 1.61. The maximum atomic E-state index is 12.7. The summed E-state index contributed by atoms with van der Waals surface area (Å²) in [6.07, 6.45) is 1.61. The molecule has 0 spiro atoms. The van der Waals surface area contributed by atoms with E-state index >= 15 is 0 Å². The van der Waals surface area contributed by atoms with Crippen LogP contribution in [0.3, 0.4) is 0 Å². The van der Waals surface area contributed by atoms with Gasteiger partial charge in [-0.25, -0.2) is 5.43 Å². The number of hydrogen-bond acceptors (Lipinski definition) is 6. The molecule has 184 valence electrons. The first-order chi connectivity index (χ1) is 18.1. The van der Waals surface area contributed by atoms with E-state index in [1.54, 1.807) is 13.3 Å². The number of thioether (sulfide) groups is 1. The minimum absolute atomic E-state index is 0.119. The summed E-state index contributed by atoms with van der Waals surface area (Å²) in [5, 5.41) is 15.6. The summed E-state index contributed by atoms with van der Waals surface area (Å²) < 4.78 is 8.41. The normalized spacial score (nSPS) is 11.2. The first-order valence-electron chi connectivity index (χ1n) is 11.4. The van der Waals surface area contributed by atoms with E-state index in [1.807, 2.05) is 95.6 Å². The van der Waals surface area contributed by atoms with Gasteiger partial charge in [-0.3, -0.25) is 9.36 Å². The molecule has 0 atom stereocenters. The van der Waals surface area contributed by atoms with E-state index in [0.717, 1.165) is 32.1 Å². The van der Waals surface area contributed by atoms with Crippen molar-refractivity contribution in [2.24, 2.45) is 5.10 Å². The van der Waals surface area contributed by atoms with Gasteiger partial charge in [0.05, 0.1) is 19.1 Å². The van der Waals surface area contributed by atoms with Gasteiger partial charge in [-0.15, -0.1) is 10.2 Å². The Hall–Kier alpha value is -3.95. The molecule has 9 heteroatoms. The highest BCUT2D eigenvalue weighted by atomic mass is 79.9. The van der Waals surface area contributed by atoms with Crippen molar-refractivity contribution in [3.63, 3.8) is 0 Å². The van der Waals surface area contributed by atoms with Crippen LogP contribution in [0.15, 0.2) is 106 Å². The number of rotatable bonds is 8. The number of methoxy groups -OCH3 is 1. The lowest BCUT2D eigenvalue weighted by atomic mass is 10.0. The number of nitrogens with zero attached hydrogens (tertiary/aromatic N) is 4. The summed E-state index contributed by atoms with van der Waals surface area (Å²) in [6.45, 7) is 0. The Morgan fingerprint density at radius 3 is 2.54 bits per heavy atom. The number of benzene rings is 4. The first-order valence-corrected chi connectivity index (χ1v) is 13.2. The van der Waals surface area contributed by atoms with E-state index in [2.05, 4.69) is 36.7 Å². The summed E-state index contributed by atoms with van der Waals surface area (Å²) in [5.74, 6) is 1.24. The summed E-state index contributed by atoms with van der Waals surface area (Å²) >= 11 is 4.78. The third kappa shape index (κ3) is 5.58. The van der Waals surface area contributed by atoms with E-state index in [9.17, 15) is 4.79 Å². The van der Waals surface area contributed by atoms with Gasteiger partial charge in [0, 0.05) is 21.3 Å². The average Bonchev–Trinajstić information content (AvgIpc) is 3.37. The number of ether oxygens (including phenoxy) is 1. The highest BCUT2D eigenvalue weighted by Crippen LogP contribution is 2.29. The quantitative estimate of drug-likeness (QED) is 0.138. The van der Waals surface area contributed by atoms with Gasteiger partial charge < -0.3 is 4.74 Å². The second-order valence-electron chi connectivity index (χ2n) is 7.97. The molecular formula is C28H22BrN5O2S. The molecule has 0 radical (unpaired) electrons. The number of carbonyl (C=O) groups excluding carboxylic acids is 1. The molecule has 7 nitrogen and oxygen atoms in total. The third-order valence-corrected chi connectivity index (χ3v) is 7.07. The Balaban J connectivity index is 1.33. The molecule has 4 aromatic carbocycles. The molecule has 0 unspecified atom stereocenters. The largest absolute Gasteiger partial charge is 0.496 e. The molecule has 0 fully saturated rings. The van der Waals surface area contributed by atoms with Crippen LogP contribution in [0.25, 0.3) is 27.8 Å². The van der Waals surface area contributed by atoms with Gasteiger partial charge in [-0.2, -0.15) is 5.10 Å². The summed E-state index contributed by atoms with van der Waals surface area (Å²) in [5.41, 5.74) is 5.25. The van der Waals surface area contributed by atoms with Gasteiger partial charge in [0.15, 0.2) is 11.0 Å². The fourth-order valence-corrected chi connectivity index (χ4v) is 4.89. The fraction of sp³-hybridized carbons (Fsp3) is 0.0714. The smallest absolute Gasteiger partial charge is 0.250 e. The molecular weight excluding hydrogens is 550 g/mol. The van der Waals surface area contributed by atoms with E-state index in [-0.39, 0.29) is 11.7 Å². The van der Waals surface area contributed by atoms with Crippen molar-refractivity contribution in [2.75, 3.05) is 12.9 Å². The molecule has 1 heterocycles. The molecule has 5 rings (SSSR count). The van der Waals surface area contributed by atoms with Crippen molar-refractivity contribution in [3.05, 3.63) is 101 Å². The van der Waals surface area contributed by atoms with Crippen LogP contribution in [0.4, 0.5) is 0 Å². The number of fused-ring (bicyclic) bond motifs is 1. The Kier molecular flexibility index (Phi) is 7.62. The third-order valence-electron chi connectivity index (χ3n) is 5.62. The number of halogens is 1. The maximum Gasteiger partial charge on any atom is 0.250 e. The molecule has 0 aliphatic rings. The van der Waals surface area contributed by atoms with Gasteiger partial charge in [0.2, 0.25) is 0 Å². The predicted octanol–water partition coefficient (Wildman–Crippen LogP) is 6.10. The van der Waals surface area contributed by atoms with Crippen LogP contribution in [0.2, 0.25) is 0 Å². The SMILES string of the molecule is COc1ccc2ccccc2c1/C=N\NC(=O)CSc1nnc(-c2ccccc2)n1-c1ccc(Br)cc1. The van der Waals surface area contributed by atoms with Gasteiger partial charge in [0.1, 0.15) is 5.75 Å². The first kappa shape index (κ1) is 24.7. The molecule has 0 aliphatic carbocycles. The van der Waals surface area contributed by atoms with Crippen LogP contribution in [0, 0.1) is 0 Å². The lowest BCUT2D eigenvalue weighted by Gasteiger charge is -2.10. The van der Waals surface area contributed by atoms with Gasteiger partial charge in [0.25, 0.3) is 5.91 Å². The van der Waals surface area contributed by atoms with E-state index in [1.165, 1.54) is 11.8 Å². The molecule has 1 N–H and O–H groups in total. The molecule has 0 saturated heterocycles. The minimum Gasteiger partial charge on any atom is -0.496 e. The van der Waals surface area contributed by atoms with E-state index in [4.69, 9.17) is 4.74 Å². The van der Waals surface area contributed by atoms with Gasteiger partial charge in [-0.1, -0.05) is 88.4 Å². The average molecular weight is 572 g/mol. The summed E-state index contributed by atoms with van der Waals surface area (Å²) in [4.78, 5) is 12.7. The monoisotopic (exact) mass is 571 g/mol. The number of hydrogen-bond donors (Lipinski definition) is 1. The van der Waals surface area contributed by atoms with Gasteiger partial charge in [-0.05, 0) is 41.1 Å². The second-order valence-corrected chi connectivity index (χ2v) is 9.83. The molecule has 0 bridgehead atoms. The van der Waals surface area contributed by atoms with Crippen LogP contribution in [-0.2, 0) is 4.79 Å². The molecule has 1 amide bonds. The Bertz CT molecular complexity index is 1570. The van der Waals surface area contributed by atoms with E-state index < -0.39 is 0 Å². The van der Waals surface area contributed by atoms with Crippen molar-refractivity contribution >= 4 is 50.6 Å². The van der Waals surface area contributed by atoms with Crippen LogP contribution in [0.5, 0.6) is 5.75 Å². The molecule has 5 aromatic rings. The van der Waals surface area contributed by atoms with Crippen molar-refractivity contribution in [3.8, 4) is 22.8 Å². The lowest BCUT2D eigenvalue weighted by molar-refractivity contribution is -0.118. The number of amides is 1. The standard InChI is InChI=1S/C28H22BrN5O2S/c1-36-25-16-11-19-7-5-6-10-23(19)24(25)17-30-31-26(35)18-37-28-33-32-27(20-8-3-2-4-9-20)34(28)22-14-12-21(29)13-15-22/h2-17H,18H2,1H3,(H,31,35)/b30-17-. The second kappa shape index (κ2) is 11.4. The van der Waals surface area contributed by atoms with Crippen LogP contribution < -0.4 is 10.2 Å². The van der Waals surface area contributed by atoms with Crippen molar-refractivity contribution in [2.45, 2.75) is 5.16 Å². The van der Waals surface area contributed by atoms with Crippen molar-refractivity contribution < 1.29 is 9.53 Å². The number of aromatic nitrogens is 3. The van der Waals surface area contributed by atoms with E-state index in [0.29, 0.717) is 16.7 Å². The molecule has 37 heavy (non-hydrogen) atoms. The highest BCUT2D eigenvalue weighted by Gasteiger charge is 2.17. The molecule has 0 aliphatic heterocycles. The number of nitrogens with one attached hydrogen (secondary N) is 1. The zero-order valence-corrected chi connectivity index (χ0v) is 22.2. The van der Waals surface area contributed by atoms with Crippen molar-refractivity contribution in [1.29, 1.82) is 0 Å². The van der Waals surface area contributed by atoms with Crippen LogP contribution in [0.1, 0.15) is 5.56 Å². The minimum atomic E-state index is -0.257.